The zero-order valence-electron chi connectivity index (χ0n) is 11.5. The van der Waals surface area contributed by atoms with Crippen LogP contribution in [-0.2, 0) is 0 Å². The van der Waals surface area contributed by atoms with E-state index in [9.17, 15) is 13.9 Å². The van der Waals surface area contributed by atoms with Crippen molar-refractivity contribution in [2.24, 2.45) is 0 Å². The van der Waals surface area contributed by atoms with Crippen molar-refractivity contribution in [1.82, 2.24) is 4.90 Å². The van der Waals surface area contributed by atoms with Gasteiger partial charge in [-0.05, 0) is 43.6 Å². The van der Waals surface area contributed by atoms with E-state index < -0.39 is 12.7 Å². The summed E-state index contributed by atoms with van der Waals surface area (Å²) in [5.74, 6) is 0.116. The van der Waals surface area contributed by atoms with Gasteiger partial charge in [0.2, 0.25) is 0 Å². The van der Waals surface area contributed by atoms with Gasteiger partial charge in [0.05, 0.1) is 6.10 Å². The van der Waals surface area contributed by atoms with Crippen LogP contribution in [0.25, 0.3) is 0 Å². The zero-order chi connectivity index (χ0) is 14.4. The molecule has 0 aromatic heterocycles. The maximum Gasteiger partial charge on any atom is 0.387 e. The van der Waals surface area contributed by atoms with Crippen molar-refractivity contribution in [3.8, 4) is 5.75 Å². The number of rotatable bonds is 5. The highest BCUT2D eigenvalue weighted by Gasteiger charge is 2.15. The molecule has 1 heterocycles. The molecule has 1 saturated heterocycles. The van der Waals surface area contributed by atoms with Gasteiger partial charge in [-0.2, -0.15) is 8.78 Å². The number of β-amino-alcohol motifs (C(OH)–C–C–N with tert-alkyl or cyclic N) is 1. The quantitative estimate of drug-likeness (QED) is 0.901. The van der Waals surface area contributed by atoms with Gasteiger partial charge in [-0.3, -0.25) is 0 Å². The van der Waals surface area contributed by atoms with E-state index in [1.165, 1.54) is 37.8 Å². The second-order valence-corrected chi connectivity index (χ2v) is 5.18. The molecule has 0 radical (unpaired) electrons. The fourth-order valence-corrected chi connectivity index (χ4v) is 2.54. The predicted octanol–water partition coefficient (Wildman–Crippen LogP) is 3.20. The van der Waals surface area contributed by atoms with Crippen LogP contribution < -0.4 is 4.74 Å². The second kappa shape index (κ2) is 7.55. The highest BCUT2D eigenvalue weighted by molar-refractivity contribution is 5.28. The second-order valence-electron chi connectivity index (χ2n) is 5.18. The SMILES string of the molecule is OC(CN1CCCCCC1)c1ccc(OC(F)F)cc1. The Morgan fingerprint density at radius 3 is 2.20 bits per heavy atom. The van der Waals surface area contributed by atoms with Crippen LogP contribution in [0.3, 0.4) is 0 Å². The first-order valence-electron chi connectivity index (χ1n) is 7.10. The Balaban J connectivity index is 1.89. The summed E-state index contributed by atoms with van der Waals surface area (Å²) in [6.07, 6.45) is 4.27. The molecule has 112 valence electrons. The van der Waals surface area contributed by atoms with E-state index in [4.69, 9.17) is 0 Å². The van der Waals surface area contributed by atoms with Crippen LogP contribution in [0.2, 0.25) is 0 Å². The van der Waals surface area contributed by atoms with Crippen LogP contribution in [-0.4, -0.2) is 36.3 Å². The number of ether oxygens (including phenoxy) is 1. The lowest BCUT2D eigenvalue weighted by Gasteiger charge is -2.23. The van der Waals surface area contributed by atoms with Crippen LogP contribution in [0, 0.1) is 0 Å². The summed E-state index contributed by atoms with van der Waals surface area (Å²) in [5.41, 5.74) is 0.732. The Kier molecular flexibility index (Phi) is 5.73. The molecule has 0 aliphatic carbocycles. The van der Waals surface area contributed by atoms with Gasteiger partial charge >= 0.3 is 6.61 Å². The summed E-state index contributed by atoms with van der Waals surface area (Å²) in [5, 5.41) is 10.2. The lowest BCUT2D eigenvalue weighted by Crippen LogP contribution is -2.29. The first kappa shape index (κ1) is 15.2. The van der Waals surface area contributed by atoms with Crippen LogP contribution in [0.5, 0.6) is 5.75 Å². The smallest absolute Gasteiger partial charge is 0.387 e. The summed E-state index contributed by atoms with van der Waals surface area (Å²) >= 11 is 0. The van der Waals surface area contributed by atoms with E-state index in [-0.39, 0.29) is 5.75 Å². The largest absolute Gasteiger partial charge is 0.435 e. The first-order chi connectivity index (χ1) is 9.65. The van der Waals surface area contributed by atoms with Gasteiger partial charge < -0.3 is 14.7 Å². The average molecular weight is 285 g/mol. The van der Waals surface area contributed by atoms with Gasteiger partial charge in [-0.1, -0.05) is 25.0 Å². The number of nitrogens with zero attached hydrogens (tertiary/aromatic N) is 1. The van der Waals surface area contributed by atoms with Crippen LogP contribution in [0.1, 0.15) is 37.4 Å². The number of hydrogen-bond donors (Lipinski definition) is 1. The Morgan fingerprint density at radius 2 is 1.65 bits per heavy atom. The molecule has 1 unspecified atom stereocenters. The number of hydrogen-bond acceptors (Lipinski definition) is 3. The standard InChI is InChI=1S/C15H21F2NO2/c16-15(17)20-13-7-5-12(6-8-13)14(19)11-18-9-3-1-2-4-10-18/h5-8,14-15,19H,1-4,9-11H2. The molecule has 1 N–H and O–H groups in total. The Morgan fingerprint density at radius 1 is 1.05 bits per heavy atom. The molecule has 1 aromatic rings. The molecular formula is C15H21F2NO2. The topological polar surface area (TPSA) is 32.7 Å². The molecule has 0 bridgehead atoms. The van der Waals surface area contributed by atoms with Crippen LogP contribution in [0.15, 0.2) is 24.3 Å². The first-order valence-corrected chi connectivity index (χ1v) is 7.10. The third-order valence-electron chi connectivity index (χ3n) is 3.62. The van der Waals surface area contributed by atoms with Gasteiger partial charge in [0.25, 0.3) is 0 Å². The molecule has 5 heteroatoms. The Hall–Kier alpha value is -1.20. The highest BCUT2D eigenvalue weighted by Crippen LogP contribution is 2.21. The molecule has 0 amide bonds. The minimum Gasteiger partial charge on any atom is -0.435 e. The lowest BCUT2D eigenvalue weighted by molar-refractivity contribution is -0.0498. The molecule has 1 fully saturated rings. The number of halogens is 2. The molecular weight excluding hydrogens is 264 g/mol. The third kappa shape index (κ3) is 4.72. The fourth-order valence-electron chi connectivity index (χ4n) is 2.54. The average Bonchev–Trinajstić information content (AvgIpc) is 2.67. The highest BCUT2D eigenvalue weighted by atomic mass is 19.3. The van der Waals surface area contributed by atoms with Gasteiger partial charge in [0.1, 0.15) is 5.75 Å². The number of benzene rings is 1. The molecule has 20 heavy (non-hydrogen) atoms. The van der Waals surface area contributed by atoms with Gasteiger partial charge in [0.15, 0.2) is 0 Å². The Labute approximate surface area is 118 Å². The molecule has 1 aliphatic heterocycles. The van der Waals surface area contributed by atoms with Gasteiger partial charge in [-0.25, -0.2) is 0 Å². The van der Waals surface area contributed by atoms with E-state index in [2.05, 4.69) is 9.64 Å². The predicted molar refractivity (Wildman–Crippen MR) is 72.9 cm³/mol. The number of likely N-dealkylation sites (tertiary alicyclic amines) is 1. The number of aliphatic hydroxyl groups excluding tert-OH is 1. The molecule has 2 rings (SSSR count). The summed E-state index contributed by atoms with van der Waals surface area (Å²) < 4.78 is 28.4. The normalized spacial score (nSPS) is 18.8. The van der Waals surface area contributed by atoms with E-state index in [0.29, 0.717) is 6.54 Å². The van der Waals surface area contributed by atoms with Gasteiger partial charge in [-0.15, -0.1) is 0 Å². The van der Waals surface area contributed by atoms with Crippen molar-refractivity contribution in [3.63, 3.8) is 0 Å². The minimum absolute atomic E-state index is 0.116. The Bertz CT molecular complexity index is 389. The van der Waals surface area contributed by atoms with Crippen molar-refractivity contribution in [2.75, 3.05) is 19.6 Å². The zero-order valence-corrected chi connectivity index (χ0v) is 11.5. The van der Waals surface area contributed by atoms with Crippen LogP contribution >= 0.6 is 0 Å². The summed E-state index contributed by atoms with van der Waals surface area (Å²) in [6, 6.07) is 6.21. The van der Waals surface area contributed by atoms with E-state index in [0.717, 1.165) is 18.7 Å². The van der Waals surface area contributed by atoms with Gasteiger partial charge in [0, 0.05) is 6.54 Å². The fraction of sp³-hybridized carbons (Fsp3) is 0.600. The minimum atomic E-state index is -2.82. The summed E-state index contributed by atoms with van der Waals surface area (Å²) in [6.45, 7) is -0.189. The summed E-state index contributed by atoms with van der Waals surface area (Å²) in [7, 11) is 0. The van der Waals surface area contributed by atoms with E-state index in [1.54, 1.807) is 12.1 Å². The number of aliphatic hydroxyl groups is 1. The van der Waals surface area contributed by atoms with Crippen LogP contribution in [0.4, 0.5) is 8.78 Å². The molecule has 1 aromatic carbocycles. The molecule has 0 saturated carbocycles. The van der Waals surface area contributed by atoms with Crippen molar-refractivity contribution < 1.29 is 18.6 Å². The number of alkyl halides is 2. The third-order valence-corrected chi connectivity index (χ3v) is 3.62. The monoisotopic (exact) mass is 285 g/mol. The van der Waals surface area contributed by atoms with E-state index >= 15 is 0 Å². The maximum absolute atomic E-state index is 12.0. The maximum atomic E-state index is 12.0. The molecule has 0 spiro atoms. The van der Waals surface area contributed by atoms with Crippen molar-refractivity contribution in [1.29, 1.82) is 0 Å². The summed E-state index contributed by atoms with van der Waals surface area (Å²) in [4.78, 5) is 2.27. The van der Waals surface area contributed by atoms with E-state index in [1.807, 2.05) is 0 Å². The molecule has 1 aliphatic rings. The lowest BCUT2D eigenvalue weighted by atomic mass is 10.1. The van der Waals surface area contributed by atoms with Crippen molar-refractivity contribution >= 4 is 0 Å². The molecule has 1 atom stereocenters. The van der Waals surface area contributed by atoms with Crippen molar-refractivity contribution in [3.05, 3.63) is 29.8 Å². The van der Waals surface area contributed by atoms with Crippen molar-refractivity contribution in [2.45, 2.75) is 38.4 Å². The molecule has 3 nitrogen and oxygen atoms in total.